The first kappa shape index (κ1) is 15.9. The van der Waals surface area contributed by atoms with Gasteiger partial charge in [0.1, 0.15) is 5.75 Å². The third kappa shape index (κ3) is 3.70. The van der Waals surface area contributed by atoms with Crippen LogP contribution in [0.3, 0.4) is 0 Å². The third-order valence-corrected chi connectivity index (χ3v) is 4.90. The van der Waals surface area contributed by atoms with Gasteiger partial charge < -0.3 is 9.26 Å². The Bertz CT molecular complexity index is 804. The number of fused-ring (bicyclic) bond motifs is 1. The van der Waals surface area contributed by atoms with Crippen molar-refractivity contribution in [3.05, 3.63) is 47.1 Å². The second-order valence-electron chi connectivity index (χ2n) is 5.51. The van der Waals surface area contributed by atoms with E-state index in [-0.39, 0.29) is 17.3 Å². The van der Waals surface area contributed by atoms with Crippen molar-refractivity contribution in [1.29, 1.82) is 0 Å². The normalized spacial score (nSPS) is 18.1. The van der Waals surface area contributed by atoms with Crippen molar-refractivity contribution >= 4 is 10.0 Å². The number of nitrogens with zero attached hydrogens (tertiary/aromatic N) is 1. The second-order valence-corrected chi connectivity index (χ2v) is 7.27. The van der Waals surface area contributed by atoms with Crippen LogP contribution in [0.4, 0.5) is 4.39 Å². The zero-order valence-electron chi connectivity index (χ0n) is 12.6. The van der Waals surface area contributed by atoms with Gasteiger partial charge >= 0.3 is 0 Å². The molecule has 6 nitrogen and oxygen atoms in total. The van der Waals surface area contributed by atoms with Gasteiger partial charge in [-0.25, -0.2) is 17.5 Å². The van der Waals surface area contributed by atoms with Crippen LogP contribution in [0.15, 0.2) is 28.8 Å². The molecule has 1 aliphatic rings. The van der Waals surface area contributed by atoms with Crippen LogP contribution in [0.25, 0.3) is 0 Å². The van der Waals surface area contributed by atoms with Gasteiger partial charge in [0.25, 0.3) is 0 Å². The Hall–Kier alpha value is -1.93. The minimum absolute atomic E-state index is 0.119. The lowest BCUT2D eigenvalue weighted by molar-refractivity contribution is 0.301. The molecule has 2 aromatic rings. The number of benzene rings is 1. The number of sulfonamides is 1. The fourth-order valence-electron chi connectivity index (χ4n) is 2.62. The minimum atomic E-state index is -3.65. The van der Waals surface area contributed by atoms with E-state index in [1.54, 1.807) is 25.1 Å². The molecule has 0 saturated carbocycles. The fourth-order valence-corrected chi connectivity index (χ4v) is 3.89. The molecule has 1 unspecified atom stereocenters. The largest absolute Gasteiger partial charge is 0.490 e. The summed E-state index contributed by atoms with van der Waals surface area (Å²) in [7, 11) is -3.65. The van der Waals surface area contributed by atoms with Crippen molar-refractivity contribution in [1.82, 2.24) is 9.88 Å². The van der Waals surface area contributed by atoms with Crippen molar-refractivity contribution in [2.24, 2.45) is 0 Å². The Morgan fingerprint density at radius 1 is 1.43 bits per heavy atom. The van der Waals surface area contributed by atoms with E-state index in [1.807, 2.05) is 0 Å². The molecule has 124 valence electrons. The molecule has 1 aliphatic heterocycles. The van der Waals surface area contributed by atoms with Gasteiger partial charge in [-0.15, -0.1) is 0 Å². The molecular formula is C15H17FN2O4S. The highest BCUT2D eigenvalue weighted by molar-refractivity contribution is 7.88. The van der Waals surface area contributed by atoms with E-state index in [0.29, 0.717) is 30.7 Å². The quantitative estimate of drug-likeness (QED) is 0.924. The standard InChI is InChI=1S/C15H17FN2O4S/c1-10-8-11(22-17-10)9-23(19,20)18-14-6-3-7-21-15-12(14)4-2-5-13(15)16/h2,4-5,8,14,18H,3,6-7,9H2,1H3. The summed E-state index contributed by atoms with van der Waals surface area (Å²) in [4.78, 5) is 0. The molecule has 8 heteroatoms. The summed E-state index contributed by atoms with van der Waals surface area (Å²) in [5.74, 6) is -0.414. The Morgan fingerprint density at radius 3 is 3.00 bits per heavy atom. The van der Waals surface area contributed by atoms with Gasteiger partial charge in [0, 0.05) is 11.6 Å². The maximum absolute atomic E-state index is 13.9. The van der Waals surface area contributed by atoms with Crippen LogP contribution < -0.4 is 9.46 Å². The highest BCUT2D eigenvalue weighted by atomic mass is 32.2. The predicted molar refractivity (Wildman–Crippen MR) is 80.9 cm³/mol. The molecular weight excluding hydrogens is 323 g/mol. The monoisotopic (exact) mass is 340 g/mol. The summed E-state index contributed by atoms with van der Waals surface area (Å²) < 4.78 is 51.6. The molecule has 0 saturated heterocycles. The molecule has 1 aromatic carbocycles. The van der Waals surface area contributed by atoms with Crippen molar-refractivity contribution in [2.45, 2.75) is 31.6 Å². The van der Waals surface area contributed by atoms with Crippen molar-refractivity contribution in [2.75, 3.05) is 6.61 Å². The van der Waals surface area contributed by atoms with Gasteiger partial charge in [0.2, 0.25) is 10.0 Å². The SMILES string of the molecule is Cc1cc(CS(=O)(=O)NC2CCCOc3c(F)cccc32)on1. The number of rotatable bonds is 4. The van der Waals surface area contributed by atoms with Crippen molar-refractivity contribution in [3.8, 4) is 5.75 Å². The zero-order chi connectivity index (χ0) is 16.4. The van der Waals surface area contributed by atoms with Gasteiger partial charge in [-0.05, 0) is 25.8 Å². The fraction of sp³-hybridized carbons (Fsp3) is 0.400. The topological polar surface area (TPSA) is 81.4 Å². The summed E-state index contributed by atoms with van der Waals surface area (Å²) in [6, 6.07) is 5.56. The van der Waals surface area contributed by atoms with E-state index < -0.39 is 21.9 Å². The number of hydrogen-bond donors (Lipinski definition) is 1. The highest BCUT2D eigenvalue weighted by Gasteiger charge is 2.27. The number of aromatic nitrogens is 1. The van der Waals surface area contributed by atoms with E-state index in [1.165, 1.54) is 6.07 Å². The van der Waals surface area contributed by atoms with Gasteiger partial charge in [-0.1, -0.05) is 17.3 Å². The maximum Gasteiger partial charge on any atom is 0.219 e. The third-order valence-electron chi connectivity index (χ3n) is 3.59. The lowest BCUT2D eigenvalue weighted by Crippen LogP contribution is -2.29. The second kappa shape index (κ2) is 6.29. The van der Waals surface area contributed by atoms with E-state index in [0.717, 1.165) is 0 Å². The van der Waals surface area contributed by atoms with Crippen LogP contribution in [0.5, 0.6) is 5.75 Å². The Balaban J connectivity index is 1.83. The van der Waals surface area contributed by atoms with Crippen LogP contribution in [-0.2, 0) is 15.8 Å². The highest BCUT2D eigenvalue weighted by Crippen LogP contribution is 2.34. The molecule has 3 rings (SSSR count). The Morgan fingerprint density at radius 2 is 2.26 bits per heavy atom. The van der Waals surface area contributed by atoms with Crippen LogP contribution in [0, 0.1) is 12.7 Å². The predicted octanol–water partition coefficient (Wildman–Crippen LogP) is 2.46. The van der Waals surface area contributed by atoms with Crippen LogP contribution >= 0.6 is 0 Å². The zero-order valence-corrected chi connectivity index (χ0v) is 13.4. The Labute approximate surface area is 133 Å². The number of hydrogen-bond acceptors (Lipinski definition) is 5. The van der Waals surface area contributed by atoms with E-state index in [9.17, 15) is 12.8 Å². The molecule has 0 fully saturated rings. The van der Waals surface area contributed by atoms with E-state index >= 15 is 0 Å². The van der Waals surface area contributed by atoms with E-state index in [2.05, 4.69) is 9.88 Å². The van der Waals surface area contributed by atoms with Crippen LogP contribution in [-0.4, -0.2) is 20.2 Å². The van der Waals surface area contributed by atoms with Gasteiger partial charge in [0.15, 0.2) is 17.3 Å². The molecule has 1 aromatic heterocycles. The van der Waals surface area contributed by atoms with Crippen LogP contribution in [0.1, 0.15) is 35.9 Å². The summed E-state index contributed by atoms with van der Waals surface area (Å²) in [5.41, 5.74) is 1.13. The first-order valence-corrected chi connectivity index (χ1v) is 8.93. The van der Waals surface area contributed by atoms with Gasteiger partial charge in [-0.3, -0.25) is 0 Å². The van der Waals surface area contributed by atoms with Gasteiger partial charge in [0.05, 0.1) is 18.3 Å². The average molecular weight is 340 g/mol. The molecule has 0 radical (unpaired) electrons. The lowest BCUT2D eigenvalue weighted by Gasteiger charge is -2.18. The summed E-state index contributed by atoms with van der Waals surface area (Å²) in [6.07, 6.45) is 1.16. The number of aryl methyl sites for hydroxylation is 1. The Kier molecular flexibility index (Phi) is 4.36. The molecule has 1 N–H and O–H groups in total. The maximum atomic E-state index is 13.9. The number of para-hydroxylation sites is 1. The van der Waals surface area contributed by atoms with Crippen molar-refractivity contribution < 1.29 is 22.1 Å². The lowest BCUT2D eigenvalue weighted by atomic mass is 10.0. The first-order valence-electron chi connectivity index (χ1n) is 7.28. The molecule has 0 spiro atoms. The molecule has 23 heavy (non-hydrogen) atoms. The molecule has 0 amide bonds. The first-order chi connectivity index (χ1) is 10.9. The van der Waals surface area contributed by atoms with Crippen LogP contribution in [0.2, 0.25) is 0 Å². The van der Waals surface area contributed by atoms with Gasteiger partial charge in [-0.2, -0.15) is 0 Å². The summed E-state index contributed by atoms with van der Waals surface area (Å²) >= 11 is 0. The number of halogens is 1. The van der Waals surface area contributed by atoms with E-state index in [4.69, 9.17) is 9.26 Å². The molecule has 0 bridgehead atoms. The average Bonchev–Trinajstić information content (AvgIpc) is 2.76. The summed E-state index contributed by atoms with van der Waals surface area (Å²) in [6.45, 7) is 2.07. The molecule has 1 atom stereocenters. The number of nitrogens with one attached hydrogen (secondary N) is 1. The number of ether oxygens (including phenoxy) is 1. The smallest absolute Gasteiger partial charge is 0.219 e. The molecule has 2 heterocycles. The summed E-state index contributed by atoms with van der Waals surface area (Å²) in [5, 5.41) is 3.67. The molecule has 0 aliphatic carbocycles. The minimum Gasteiger partial charge on any atom is -0.490 e. The van der Waals surface area contributed by atoms with Crippen molar-refractivity contribution in [3.63, 3.8) is 0 Å².